The Morgan fingerprint density at radius 3 is 2.39 bits per heavy atom. The second-order valence-electron chi connectivity index (χ2n) is 3.55. The van der Waals surface area contributed by atoms with Crippen LogP contribution in [-0.4, -0.2) is 29.1 Å². The lowest BCUT2D eigenvalue weighted by Gasteiger charge is -2.04. The van der Waals surface area contributed by atoms with E-state index >= 15 is 0 Å². The van der Waals surface area contributed by atoms with Gasteiger partial charge in [0.05, 0.1) is 5.75 Å². The topological polar surface area (TPSA) is 112 Å². The molecule has 0 aliphatic rings. The van der Waals surface area contributed by atoms with Crippen molar-refractivity contribution < 1.29 is 27.9 Å². The molecule has 0 aliphatic heterocycles. The van der Waals surface area contributed by atoms with Crippen LogP contribution in [0.1, 0.15) is 6.42 Å². The van der Waals surface area contributed by atoms with Crippen LogP contribution < -0.4 is 0 Å². The third kappa shape index (κ3) is 4.62. The first kappa shape index (κ1) is 14.9. The lowest BCUT2D eigenvalue weighted by molar-refractivity contribution is 0.386. The molecule has 0 amide bonds. The number of rotatable bonds is 5. The van der Waals surface area contributed by atoms with Gasteiger partial charge in [0, 0.05) is 5.82 Å². The second kappa shape index (κ2) is 5.67. The first-order valence-electron chi connectivity index (χ1n) is 4.96. The molecule has 18 heavy (non-hydrogen) atoms. The average molecular weight is 292 g/mol. The highest BCUT2D eigenvalue weighted by Gasteiger charge is 2.17. The van der Waals surface area contributed by atoms with E-state index in [1.807, 2.05) is 0 Å². The number of benzene rings is 1. The zero-order valence-electron chi connectivity index (χ0n) is 9.30. The molecule has 0 saturated carbocycles. The van der Waals surface area contributed by atoms with Gasteiger partial charge < -0.3 is 14.9 Å². The molecule has 0 unspecified atom stereocenters. The molecule has 3 N–H and O–H groups in total. The number of aromatic hydroxyl groups is 1. The van der Waals surface area contributed by atoms with E-state index in [1.165, 1.54) is 24.3 Å². The zero-order chi connectivity index (χ0) is 13.8. The van der Waals surface area contributed by atoms with Crippen LogP contribution in [0.25, 0.3) is 0 Å². The van der Waals surface area contributed by atoms with Gasteiger partial charge in [-0.25, -0.2) is 8.42 Å². The van der Waals surface area contributed by atoms with Crippen molar-refractivity contribution in [3.8, 4) is 5.75 Å². The van der Waals surface area contributed by atoms with Gasteiger partial charge in [0.25, 0.3) is 0 Å². The number of allylic oxidation sites excluding steroid dienone is 1. The Balaban J connectivity index is 2.76. The van der Waals surface area contributed by atoms with Crippen LogP contribution in [-0.2, 0) is 14.4 Å². The third-order valence-electron chi connectivity index (χ3n) is 2.05. The third-order valence-corrected chi connectivity index (χ3v) is 4.44. The van der Waals surface area contributed by atoms with Crippen molar-refractivity contribution >= 4 is 17.4 Å². The molecule has 0 aliphatic carbocycles. The van der Waals surface area contributed by atoms with Gasteiger partial charge in [0.1, 0.15) is 10.6 Å². The molecule has 8 heteroatoms. The number of hydrogen-bond donors (Lipinski definition) is 3. The Hall–Kier alpha value is -1.14. The molecule has 1 aromatic carbocycles. The minimum atomic E-state index is -4.25. The SMILES string of the molecule is O=P(O)(O)/C=C/CCS(=O)(=O)c1ccccc1O. The van der Waals surface area contributed by atoms with Crippen molar-refractivity contribution in [3.05, 3.63) is 36.2 Å². The van der Waals surface area contributed by atoms with E-state index < -0.39 is 17.4 Å². The van der Waals surface area contributed by atoms with Crippen molar-refractivity contribution in [2.75, 3.05) is 5.75 Å². The van der Waals surface area contributed by atoms with E-state index in [4.69, 9.17) is 9.79 Å². The van der Waals surface area contributed by atoms with E-state index in [-0.39, 0.29) is 22.8 Å². The van der Waals surface area contributed by atoms with Crippen LogP contribution in [0.4, 0.5) is 0 Å². The summed E-state index contributed by atoms with van der Waals surface area (Å²) in [6.45, 7) is 0. The Bertz CT molecular complexity index is 586. The van der Waals surface area contributed by atoms with E-state index in [0.717, 1.165) is 6.08 Å². The quantitative estimate of drug-likeness (QED) is 0.704. The van der Waals surface area contributed by atoms with Gasteiger partial charge in [0.15, 0.2) is 9.84 Å². The summed E-state index contributed by atoms with van der Waals surface area (Å²) >= 11 is 0. The molecule has 0 heterocycles. The van der Waals surface area contributed by atoms with Crippen LogP contribution >= 0.6 is 7.60 Å². The van der Waals surface area contributed by atoms with Crippen LogP contribution in [0.2, 0.25) is 0 Å². The van der Waals surface area contributed by atoms with Crippen molar-refractivity contribution in [2.24, 2.45) is 0 Å². The highest BCUT2D eigenvalue weighted by molar-refractivity contribution is 7.91. The maximum atomic E-state index is 11.8. The fourth-order valence-corrected chi connectivity index (χ4v) is 3.03. The van der Waals surface area contributed by atoms with Gasteiger partial charge in [-0.1, -0.05) is 18.2 Å². The van der Waals surface area contributed by atoms with Gasteiger partial charge in [0.2, 0.25) is 0 Å². The Labute approximate surface area is 105 Å². The fraction of sp³-hybridized carbons (Fsp3) is 0.200. The summed E-state index contributed by atoms with van der Waals surface area (Å²) in [6.07, 6.45) is 1.07. The Kier molecular flexibility index (Phi) is 4.70. The van der Waals surface area contributed by atoms with Crippen LogP contribution in [0.5, 0.6) is 5.75 Å². The summed E-state index contributed by atoms with van der Waals surface area (Å²) in [4.78, 5) is 16.9. The molecule has 0 bridgehead atoms. The maximum absolute atomic E-state index is 11.8. The van der Waals surface area contributed by atoms with Crippen molar-refractivity contribution in [1.29, 1.82) is 0 Å². The molecule has 0 aromatic heterocycles. The molecule has 0 saturated heterocycles. The van der Waals surface area contributed by atoms with Gasteiger partial charge in [-0.3, -0.25) is 4.57 Å². The standard InChI is InChI=1S/C10H13O6PS/c11-9-5-1-2-6-10(9)18(15,16)8-4-3-7-17(12,13)14/h1-3,5-7,11H,4,8H2,(H2,12,13,14)/b7-3+. The van der Waals surface area contributed by atoms with E-state index in [1.54, 1.807) is 0 Å². The average Bonchev–Trinajstić information content (AvgIpc) is 2.24. The summed E-state index contributed by atoms with van der Waals surface area (Å²) in [5.41, 5.74) is 0. The van der Waals surface area contributed by atoms with Crippen molar-refractivity contribution in [2.45, 2.75) is 11.3 Å². The minimum absolute atomic E-state index is 0.0399. The summed E-state index contributed by atoms with van der Waals surface area (Å²) in [5, 5.41) is 9.41. The molecule has 1 aromatic rings. The van der Waals surface area contributed by atoms with Gasteiger partial charge in [-0.05, 0) is 18.6 Å². The molecule has 0 spiro atoms. The molecular formula is C10H13O6PS. The summed E-state index contributed by atoms with van der Waals surface area (Å²) in [6, 6.07) is 5.52. The first-order valence-corrected chi connectivity index (χ1v) is 8.29. The van der Waals surface area contributed by atoms with Gasteiger partial charge in [-0.2, -0.15) is 0 Å². The van der Waals surface area contributed by atoms with E-state index in [9.17, 15) is 18.1 Å². The fourth-order valence-electron chi connectivity index (χ4n) is 1.27. The second-order valence-corrected chi connectivity index (χ2v) is 7.10. The highest BCUT2D eigenvalue weighted by Crippen LogP contribution is 2.36. The van der Waals surface area contributed by atoms with E-state index in [0.29, 0.717) is 5.82 Å². The number of para-hydroxylation sites is 1. The lowest BCUT2D eigenvalue weighted by atomic mass is 10.3. The monoisotopic (exact) mass is 292 g/mol. The maximum Gasteiger partial charge on any atom is 0.348 e. The van der Waals surface area contributed by atoms with Crippen molar-refractivity contribution in [1.82, 2.24) is 0 Å². The number of hydrogen-bond acceptors (Lipinski definition) is 4. The Morgan fingerprint density at radius 1 is 1.22 bits per heavy atom. The summed E-state index contributed by atoms with van der Waals surface area (Å²) < 4.78 is 34.1. The summed E-state index contributed by atoms with van der Waals surface area (Å²) in [5.74, 6) is -0.00878. The number of phenols is 1. The van der Waals surface area contributed by atoms with Gasteiger partial charge in [-0.15, -0.1) is 0 Å². The van der Waals surface area contributed by atoms with Crippen LogP contribution in [0.15, 0.2) is 41.1 Å². The first-order chi connectivity index (χ1) is 8.22. The van der Waals surface area contributed by atoms with Crippen molar-refractivity contribution in [3.63, 3.8) is 0 Å². The van der Waals surface area contributed by atoms with Crippen LogP contribution in [0.3, 0.4) is 0 Å². The molecule has 100 valence electrons. The molecule has 0 fully saturated rings. The highest BCUT2D eigenvalue weighted by atomic mass is 32.2. The Morgan fingerprint density at radius 2 is 1.83 bits per heavy atom. The molecular weight excluding hydrogens is 279 g/mol. The van der Waals surface area contributed by atoms with Crippen LogP contribution in [0, 0.1) is 0 Å². The zero-order valence-corrected chi connectivity index (χ0v) is 11.0. The van der Waals surface area contributed by atoms with Gasteiger partial charge >= 0.3 is 7.60 Å². The number of sulfone groups is 1. The minimum Gasteiger partial charge on any atom is -0.507 e. The molecule has 0 radical (unpaired) electrons. The smallest absolute Gasteiger partial charge is 0.348 e. The normalized spacial score (nSPS) is 13.0. The molecule has 6 nitrogen and oxygen atoms in total. The number of phenolic OH excluding ortho intramolecular Hbond substituents is 1. The predicted molar refractivity (Wildman–Crippen MR) is 66.0 cm³/mol. The molecule has 0 atom stereocenters. The lowest BCUT2D eigenvalue weighted by Crippen LogP contribution is -2.06. The molecule has 1 rings (SSSR count). The van der Waals surface area contributed by atoms with E-state index in [2.05, 4.69) is 0 Å². The predicted octanol–water partition coefficient (Wildman–Crippen LogP) is 1.25. The summed E-state index contributed by atoms with van der Waals surface area (Å²) in [7, 11) is -7.92. The largest absolute Gasteiger partial charge is 0.507 e.